The number of nitrogens with one attached hydrogen (secondary N) is 2. The summed E-state index contributed by atoms with van der Waals surface area (Å²) in [4.78, 5) is 22.6. The van der Waals surface area contributed by atoms with Crippen molar-refractivity contribution in [3.05, 3.63) is 0 Å². The van der Waals surface area contributed by atoms with Gasteiger partial charge in [-0.1, -0.05) is 32.1 Å². The molecule has 1 saturated carbocycles. The van der Waals surface area contributed by atoms with Gasteiger partial charge >= 0.3 is 12.0 Å². The number of hydrogen-bond donors (Lipinski definition) is 4. The van der Waals surface area contributed by atoms with Crippen LogP contribution in [-0.2, 0) is 4.79 Å². The number of aliphatic hydroxyl groups is 1. The van der Waals surface area contributed by atoms with E-state index in [1.165, 1.54) is 26.2 Å². The van der Waals surface area contributed by atoms with E-state index in [0.717, 1.165) is 25.7 Å². The highest BCUT2D eigenvalue weighted by atomic mass is 16.4. The van der Waals surface area contributed by atoms with Crippen LogP contribution >= 0.6 is 0 Å². The predicted octanol–water partition coefficient (Wildman–Crippen LogP) is 1.23. The molecule has 2 amide bonds. The zero-order chi connectivity index (χ0) is 14.3. The van der Waals surface area contributed by atoms with Crippen molar-refractivity contribution in [2.75, 3.05) is 0 Å². The van der Waals surface area contributed by atoms with E-state index in [0.29, 0.717) is 0 Å². The second kappa shape index (κ2) is 7.99. The number of hydrogen-bond acceptors (Lipinski definition) is 3. The summed E-state index contributed by atoms with van der Waals surface area (Å²) in [7, 11) is 0. The van der Waals surface area contributed by atoms with Crippen LogP contribution in [-0.4, -0.2) is 40.4 Å². The predicted molar refractivity (Wildman–Crippen MR) is 70.9 cm³/mol. The number of carboxylic acid groups (broad SMARTS) is 1. The van der Waals surface area contributed by atoms with Crippen molar-refractivity contribution in [3.63, 3.8) is 0 Å². The van der Waals surface area contributed by atoms with Crippen LogP contribution in [0.15, 0.2) is 0 Å². The van der Waals surface area contributed by atoms with E-state index in [1.54, 1.807) is 0 Å². The van der Waals surface area contributed by atoms with Gasteiger partial charge in [-0.3, -0.25) is 0 Å². The quantitative estimate of drug-likeness (QED) is 0.618. The molecule has 0 saturated heterocycles. The van der Waals surface area contributed by atoms with Crippen LogP contribution in [0, 0.1) is 0 Å². The molecule has 0 radical (unpaired) electrons. The minimum Gasteiger partial charge on any atom is -0.480 e. The van der Waals surface area contributed by atoms with E-state index in [-0.39, 0.29) is 6.04 Å². The third-order valence-corrected chi connectivity index (χ3v) is 3.48. The minimum absolute atomic E-state index is 0.101. The molecule has 0 unspecified atom stereocenters. The third kappa shape index (κ3) is 5.92. The Morgan fingerprint density at radius 3 is 2.11 bits per heavy atom. The number of carbonyl (C=O) groups is 2. The maximum atomic E-state index is 11.7. The first kappa shape index (κ1) is 15.8. The van der Waals surface area contributed by atoms with Gasteiger partial charge in [-0.05, 0) is 19.8 Å². The van der Waals surface area contributed by atoms with Gasteiger partial charge in [0.15, 0.2) is 6.04 Å². The Balaban J connectivity index is 2.41. The van der Waals surface area contributed by atoms with Crippen LogP contribution in [0.5, 0.6) is 0 Å². The van der Waals surface area contributed by atoms with E-state index in [9.17, 15) is 14.7 Å². The number of amides is 2. The molecule has 1 fully saturated rings. The number of rotatable bonds is 4. The molecule has 0 bridgehead atoms. The molecule has 6 heteroatoms. The molecule has 110 valence electrons. The molecule has 1 aliphatic rings. The van der Waals surface area contributed by atoms with Crippen LogP contribution in [0.25, 0.3) is 0 Å². The summed E-state index contributed by atoms with van der Waals surface area (Å²) in [5.74, 6) is -1.23. The molecule has 0 aromatic carbocycles. The molecule has 0 spiro atoms. The smallest absolute Gasteiger partial charge is 0.328 e. The molecule has 0 aliphatic heterocycles. The summed E-state index contributed by atoms with van der Waals surface area (Å²) in [6, 6.07) is -1.68. The second-order valence-corrected chi connectivity index (χ2v) is 5.22. The van der Waals surface area contributed by atoms with Gasteiger partial charge in [-0.2, -0.15) is 0 Å². The van der Waals surface area contributed by atoms with Gasteiger partial charge in [0, 0.05) is 6.04 Å². The van der Waals surface area contributed by atoms with Gasteiger partial charge in [0.2, 0.25) is 0 Å². The number of aliphatic hydroxyl groups excluding tert-OH is 1. The van der Waals surface area contributed by atoms with Gasteiger partial charge in [0.25, 0.3) is 0 Å². The number of urea groups is 1. The molecular formula is C13H24N2O4. The van der Waals surface area contributed by atoms with Gasteiger partial charge in [0.05, 0.1) is 6.10 Å². The Morgan fingerprint density at radius 2 is 1.63 bits per heavy atom. The average Bonchev–Trinajstić information content (AvgIpc) is 2.28. The van der Waals surface area contributed by atoms with Crippen LogP contribution in [0.4, 0.5) is 4.79 Å². The Bertz CT molecular complexity index is 299. The normalized spacial score (nSPS) is 20.7. The Labute approximate surface area is 113 Å². The lowest BCUT2D eigenvalue weighted by Gasteiger charge is -2.23. The first-order chi connectivity index (χ1) is 9.00. The highest BCUT2D eigenvalue weighted by molar-refractivity contribution is 5.83. The lowest BCUT2D eigenvalue weighted by Crippen LogP contribution is -2.53. The van der Waals surface area contributed by atoms with E-state index < -0.39 is 24.1 Å². The van der Waals surface area contributed by atoms with Gasteiger partial charge in [-0.15, -0.1) is 0 Å². The van der Waals surface area contributed by atoms with E-state index in [1.807, 2.05) is 0 Å². The van der Waals surface area contributed by atoms with E-state index in [2.05, 4.69) is 10.6 Å². The van der Waals surface area contributed by atoms with Gasteiger partial charge < -0.3 is 20.8 Å². The molecule has 1 aliphatic carbocycles. The summed E-state index contributed by atoms with van der Waals surface area (Å²) in [6.07, 6.45) is 6.53. The molecule has 6 nitrogen and oxygen atoms in total. The van der Waals surface area contributed by atoms with E-state index >= 15 is 0 Å². The standard InChI is InChI=1S/C13H24N2O4/c1-9(16)11(12(17)18)15-13(19)14-10-7-5-3-2-4-6-8-10/h9-11,16H,2-8H2,1H3,(H,17,18)(H2,14,15,19)/t9-,11+/m1/s1. The summed E-state index contributed by atoms with van der Waals surface area (Å²) in [5, 5.41) is 23.3. The first-order valence-electron chi connectivity index (χ1n) is 6.98. The highest BCUT2D eigenvalue weighted by Crippen LogP contribution is 2.16. The summed E-state index contributed by atoms with van der Waals surface area (Å²) < 4.78 is 0. The summed E-state index contributed by atoms with van der Waals surface area (Å²) >= 11 is 0. The Kier molecular flexibility index (Phi) is 6.62. The van der Waals surface area contributed by atoms with E-state index in [4.69, 9.17) is 5.11 Å². The number of aliphatic carboxylic acids is 1. The fourth-order valence-electron chi connectivity index (χ4n) is 2.36. The van der Waals surface area contributed by atoms with Crippen molar-refractivity contribution >= 4 is 12.0 Å². The van der Waals surface area contributed by atoms with Crippen molar-refractivity contribution in [3.8, 4) is 0 Å². The van der Waals surface area contributed by atoms with Gasteiger partial charge in [0.1, 0.15) is 0 Å². The highest BCUT2D eigenvalue weighted by Gasteiger charge is 2.25. The fourth-order valence-corrected chi connectivity index (χ4v) is 2.36. The van der Waals surface area contributed by atoms with Crippen LogP contribution in [0.2, 0.25) is 0 Å². The van der Waals surface area contributed by atoms with Gasteiger partial charge in [-0.25, -0.2) is 9.59 Å². The lowest BCUT2D eigenvalue weighted by atomic mass is 9.97. The Hall–Kier alpha value is -1.30. The number of carbonyl (C=O) groups excluding carboxylic acids is 1. The molecule has 2 atom stereocenters. The lowest BCUT2D eigenvalue weighted by molar-refractivity contribution is -0.141. The zero-order valence-electron chi connectivity index (χ0n) is 11.4. The monoisotopic (exact) mass is 272 g/mol. The SMILES string of the molecule is C[C@@H](O)[C@H](NC(=O)NC1CCCCCCC1)C(=O)O. The topological polar surface area (TPSA) is 98.7 Å². The molecule has 19 heavy (non-hydrogen) atoms. The molecule has 4 N–H and O–H groups in total. The van der Waals surface area contributed by atoms with Crippen molar-refractivity contribution in [2.24, 2.45) is 0 Å². The fraction of sp³-hybridized carbons (Fsp3) is 0.846. The third-order valence-electron chi connectivity index (χ3n) is 3.48. The maximum absolute atomic E-state index is 11.7. The van der Waals surface area contributed by atoms with Crippen LogP contribution < -0.4 is 10.6 Å². The van der Waals surface area contributed by atoms with Crippen molar-refractivity contribution in [1.82, 2.24) is 10.6 Å². The molecule has 1 rings (SSSR count). The molecule has 0 heterocycles. The second-order valence-electron chi connectivity index (χ2n) is 5.22. The zero-order valence-corrected chi connectivity index (χ0v) is 11.4. The summed E-state index contributed by atoms with van der Waals surface area (Å²) in [6.45, 7) is 1.34. The molecule has 0 aromatic heterocycles. The Morgan fingerprint density at radius 1 is 1.11 bits per heavy atom. The molecular weight excluding hydrogens is 248 g/mol. The number of carboxylic acids is 1. The maximum Gasteiger partial charge on any atom is 0.328 e. The minimum atomic E-state index is -1.27. The average molecular weight is 272 g/mol. The van der Waals surface area contributed by atoms with Crippen molar-refractivity contribution in [2.45, 2.75) is 70.1 Å². The first-order valence-corrected chi connectivity index (χ1v) is 6.98. The molecule has 0 aromatic rings. The largest absolute Gasteiger partial charge is 0.480 e. The van der Waals surface area contributed by atoms with Crippen molar-refractivity contribution in [1.29, 1.82) is 0 Å². The van der Waals surface area contributed by atoms with Crippen LogP contribution in [0.1, 0.15) is 51.9 Å². The summed E-state index contributed by atoms with van der Waals surface area (Å²) in [5.41, 5.74) is 0. The van der Waals surface area contributed by atoms with Crippen LogP contribution in [0.3, 0.4) is 0 Å². The van der Waals surface area contributed by atoms with Crippen molar-refractivity contribution < 1.29 is 19.8 Å².